The molecule has 0 atom stereocenters. The number of ether oxygens (including phenoxy) is 1. The zero-order chi connectivity index (χ0) is 14.7. The minimum absolute atomic E-state index is 0.0437. The average Bonchev–Trinajstić information content (AvgIpc) is 2.37. The molecule has 0 saturated heterocycles. The van der Waals surface area contributed by atoms with Gasteiger partial charge in [0.1, 0.15) is 11.6 Å². The van der Waals surface area contributed by atoms with Crippen LogP contribution in [0.5, 0.6) is 5.88 Å². The van der Waals surface area contributed by atoms with Crippen LogP contribution in [0.25, 0.3) is 0 Å². The number of pyridine rings is 1. The number of benzene rings is 1. The van der Waals surface area contributed by atoms with Crippen LogP contribution in [0, 0.1) is 5.82 Å². The van der Waals surface area contributed by atoms with E-state index in [9.17, 15) is 4.39 Å². The number of halogens is 2. The Bertz CT molecular complexity index is 619. The molecule has 0 aliphatic heterocycles. The van der Waals surface area contributed by atoms with Gasteiger partial charge in [0.25, 0.3) is 0 Å². The first-order valence-corrected chi connectivity index (χ1v) is 6.49. The van der Waals surface area contributed by atoms with E-state index in [1.54, 1.807) is 12.1 Å². The van der Waals surface area contributed by atoms with Crippen LogP contribution < -0.4 is 15.8 Å². The van der Waals surface area contributed by atoms with Gasteiger partial charge < -0.3 is 15.8 Å². The summed E-state index contributed by atoms with van der Waals surface area (Å²) in [5.74, 6) is 0.422. The second-order valence-electron chi connectivity index (χ2n) is 4.51. The molecule has 6 heteroatoms. The van der Waals surface area contributed by atoms with Gasteiger partial charge in [-0.2, -0.15) is 4.98 Å². The lowest BCUT2D eigenvalue weighted by Gasteiger charge is -2.13. The second kappa shape index (κ2) is 5.96. The summed E-state index contributed by atoms with van der Waals surface area (Å²) < 4.78 is 18.7. The van der Waals surface area contributed by atoms with Crippen molar-refractivity contribution in [2.45, 2.75) is 20.0 Å². The van der Waals surface area contributed by atoms with Crippen molar-refractivity contribution in [3.63, 3.8) is 0 Å². The SMILES string of the molecule is CC(C)Oc1nc(Nc2cc(F)ccc2Cl)ccc1N. The van der Waals surface area contributed by atoms with Crippen molar-refractivity contribution in [2.75, 3.05) is 11.1 Å². The Morgan fingerprint density at radius 3 is 2.75 bits per heavy atom. The Kier molecular flexibility index (Phi) is 4.29. The van der Waals surface area contributed by atoms with Crippen molar-refractivity contribution < 1.29 is 9.13 Å². The Hall–Kier alpha value is -2.01. The molecule has 0 aliphatic rings. The number of anilines is 3. The van der Waals surface area contributed by atoms with E-state index < -0.39 is 0 Å². The zero-order valence-electron chi connectivity index (χ0n) is 11.2. The Morgan fingerprint density at radius 2 is 2.05 bits per heavy atom. The number of nitrogens with two attached hydrogens (primary N) is 1. The van der Waals surface area contributed by atoms with Crippen molar-refractivity contribution in [3.8, 4) is 5.88 Å². The first-order chi connectivity index (χ1) is 9.45. The van der Waals surface area contributed by atoms with E-state index in [4.69, 9.17) is 22.1 Å². The fourth-order valence-corrected chi connectivity index (χ4v) is 1.73. The zero-order valence-corrected chi connectivity index (χ0v) is 11.9. The lowest BCUT2D eigenvalue weighted by molar-refractivity contribution is 0.234. The molecular formula is C14H15ClFN3O. The number of hydrogen-bond acceptors (Lipinski definition) is 4. The van der Waals surface area contributed by atoms with Crippen LogP contribution in [0.1, 0.15) is 13.8 Å². The normalized spacial score (nSPS) is 10.7. The van der Waals surface area contributed by atoms with Gasteiger partial charge in [-0.25, -0.2) is 4.39 Å². The second-order valence-corrected chi connectivity index (χ2v) is 4.91. The minimum Gasteiger partial charge on any atom is -0.473 e. The molecule has 106 valence electrons. The first kappa shape index (κ1) is 14.4. The van der Waals surface area contributed by atoms with Gasteiger partial charge in [-0.05, 0) is 44.2 Å². The standard InChI is InChI=1S/C14H15ClFN3O/c1-8(2)20-14-11(17)5-6-13(19-14)18-12-7-9(16)3-4-10(12)15/h3-8H,17H2,1-2H3,(H,18,19). The summed E-state index contributed by atoms with van der Waals surface area (Å²) in [5, 5.41) is 3.33. The van der Waals surface area contributed by atoms with Crippen LogP contribution in [0.3, 0.4) is 0 Å². The van der Waals surface area contributed by atoms with Gasteiger partial charge in [-0.3, -0.25) is 0 Å². The molecule has 0 fully saturated rings. The predicted octanol–water partition coefficient (Wildman–Crippen LogP) is 3.99. The maximum absolute atomic E-state index is 13.2. The van der Waals surface area contributed by atoms with Crippen molar-refractivity contribution in [3.05, 3.63) is 41.2 Å². The third-order valence-corrected chi connectivity index (χ3v) is 2.76. The van der Waals surface area contributed by atoms with Gasteiger partial charge in [-0.15, -0.1) is 0 Å². The van der Waals surface area contributed by atoms with Crippen molar-refractivity contribution >= 4 is 28.8 Å². The number of rotatable bonds is 4. The van der Waals surface area contributed by atoms with Gasteiger partial charge in [0.2, 0.25) is 5.88 Å². The van der Waals surface area contributed by atoms with E-state index in [1.807, 2.05) is 13.8 Å². The predicted molar refractivity (Wildman–Crippen MR) is 79.1 cm³/mol. The molecule has 2 rings (SSSR count). The highest BCUT2D eigenvalue weighted by molar-refractivity contribution is 6.33. The van der Waals surface area contributed by atoms with Crippen LogP contribution in [0.2, 0.25) is 5.02 Å². The maximum atomic E-state index is 13.2. The van der Waals surface area contributed by atoms with Crippen LogP contribution in [-0.2, 0) is 0 Å². The lowest BCUT2D eigenvalue weighted by atomic mass is 10.3. The third-order valence-electron chi connectivity index (χ3n) is 2.43. The van der Waals surface area contributed by atoms with E-state index in [2.05, 4.69) is 10.3 Å². The first-order valence-electron chi connectivity index (χ1n) is 6.11. The molecule has 0 bridgehead atoms. The number of hydrogen-bond donors (Lipinski definition) is 2. The fraction of sp³-hybridized carbons (Fsp3) is 0.214. The number of aromatic nitrogens is 1. The summed E-state index contributed by atoms with van der Waals surface area (Å²) in [6.07, 6.45) is -0.0437. The van der Waals surface area contributed by atoms with Crippen LogP contribution in [0.4, 0.5) is 21.6 Å². The molecule has 0 amide bonds. The molecule has 0 unspecified atom stereocenters. The van der Waals surface area contributed by atoms with Crippen LogP contribution in [-0.4, -0.2) is 11.1 Å². The molecule has 1 heterocycles. The largest absolute Gasteiger partial charge is 0.473 e. The quantitative estimate of drug-likeness (QED) is 0.895. The van der Waals surface area contributed by atoms with Gasteiger partial charge in [0.05, 0.1) is 22.5 Å². The molecule has 1 aromatic carbocycles. The Labute approximate surface area is 121 Å². The summed E-state index contributed by atoms with van der Waals surface area (Å²) >= 11 is 5.99. The van der Waals surface area contributed by atoms with Crippen LogP contribution >= 0.6 is 11.6 Å². The van der Waals surface area contributed by atoms with E-state index in [-0.39, 0.29) is 11.9 Å². The van der Waals surface area contributed by atoms with Crippen molar-refractivity contribution in [1.29, 1.82) is 0 Å². The highest BCUT2D eigenvalue weighted by Crippen LogP contribution is 2.28. The third kappa shape index (κ3) is 3.51. The van der Waals surface area contributed by atoms with Gasteiger partial charge >= 0.3 is 0 Å². The minimum atomic E-state index is -0.383. The topological polar surface area (TPSA) is 60.2 Å². The van der Waals surface area contributed by atoms with Crippen molar-refractivity contribution in [2.24, 2.45) is 0 Å². The molecule has 3 N–H and O–H groups in total. The highest BCUT2D eigenvalue weighted by atomic mass is 35.5. The Morgan fingerprint density at radius 1 is 1.30 bits per heavy atom. The molecule has 1 aromatic heterocycles. The fourth-order valence-electron chi connectivity index (χ4n) is 1.57. The van der Waals surface area contributed by atoms with E-state index in [0.717, 1.165) is 0 Å². The molecule has 0 radical (unpaired) electrons. The lowest BCUT2D eigenvalue weighted by Crippen LogP contribution is -2.09. The molecule has 0 aliphatic carbocycles. The molecular weight excluding hydrogens is 281 g/mol. The number of nitrogens with one attached hydrogen (secondary N) is 1. The molecule has 4 nitrogen and oxygen atoms in total. The van der Waals surface area contributed by atoms with E-state index in [0.29, 0.717) is 28.1 Å². The average molecular weight is 296 g/mol. The van der Waals surface area contributed by atoms with Crippen molar-refractivity contribution in [1.82, 2.24) is 4.98 Å². The summed E-state index contributed by atoms with van der Waals surface area (Å²) in [4.78, 5) is 4.24. The van der Waals surface area contributed by atoms with Gasteiger partial charge in [0, 0.05) is 0 Å². The molecule has 20 heavy (non-hydrogen) atoms. The van der Waals surface area contributed by atoms with Crippen LogP contribution in [0.15, 0.2) is 30.3 Å². The number of nitrogens with zero attached hydrogens (tertiary/aromatic N) is 1. The number of nitrogen functional groups attached to an aromatic ring is 1. The summed E-state index contributed by atoms with van der Waals surface area (Å²) in [5.41, 5.74) is 6.65. The van der Waals surface area contributed by atoms with Gasteiger partial charge in [0.15, 0.2) is 0 Å². The Balaban J connectivity index is 2.27. The maximum Gasteiger partial charge on any atom is 0.239 e. The molecule has 0 saturated carbocycles. The van der Waals surface area contributed by atoms with Gasteiger partial charge in [-0.1, -0.05) is 11.6 Å². The van der Waals surface area contributed by atoms with E-state index in [1.165, 1.54) is 18.2 Å². The van der Waals surface area contributed by atoms with E-state index >= 15 is 0 Å². The highest BCUT2D eigenvalue weighted by Gasteiger charge is 2.08. The molecule has 0 spiro atoms. The smallest absolute Gasteiger partial charge is 0.239 e. The monoisotopic (exact) mass is 295 g/mol. The molecule has 2 aromatic rings. The summed E-state index contributed by atoms with van der Waals surface area (Å²) in [6, 6.07) is 7.40. The summed E-state index contributed by atoms with van der Waals surface area (Å²) in [7, 11) is 0. The summed E-state index contributed by atoms with van der Waals surface area (Å²) in [6.45, 7) is 3.76.